The minimum absolute atomic E-state index is 0.211. The highest BCUT2D eigenvalue weighted by Gasteiger charge is 2.27. The van der Waals surface area contributed by atoms with Gasteiger partial charge in [-0.25, -0.2) is 14.8 Å². The van der Waals surface area contributed by atoms with E-state index in [1.807, 2.05) is 4.90 Å². The van der Waals surface area contributed by atoms with Crippen LogP contribution in [0.2, 0.25) is 0 Å². The zero-order valence-electron chi connectivity index (χ0n) is 10.8. The molecule has 102 valence electrons. The molecule has 1 aliphatic rings. The van der Waals surface area contributed by atoms with Crippen molar-refractivity contribution in [2.75, 3.05) is 37.7 Å². The van der Waals surface area contributed by atoms with E-state index >= 15 is 0 Å². The van der Waals surface area contributed by atoms with Gasteiger partial charge in [-0.3, -0.25) is 4.79 Å². The summed E-state index contributed by atoms with van der Waals surface area (Å²) in [6.45, 7) is 4.04. The summed E-state index contributed by atoms with van der Waals surface area (Å²) in [5.41, 5.74) is 0. The fourth-order valence-corrected chi connectivity index (χ4v) is 1.89. The van der Waals surface area contributed by atoms with Crippen molar-refractivity contribution in [2.45, 2.75) is 6.92 Å². The molecule has 0 saturated carbocycles. The second-order valence-corrected chi connectivity index (χ2v) is 4.05. The van der Waals surface area contributed by atoms with Crippen LogP contribution in [0.1, 0.15) is 6.92 Å². The molecular formula is C12H16N4O3. The van der Waals surface area contributed by atoms with Crippen LogP contribution in [0.5, 0.6) is 0 Å². The van der Waals surface area contributed by atoms with Crippen molar-refractivity contribution in [3.63, 3.8) is 0 Å². The minimum Gasteiger partial charge on any atom is -0.459 e. The molecule has 7 heteroatoms. The first-order valence-electron chi connectivity index (χ1n) is 6.20. The van der Waals surface area contributed by atoms with Crippen LogP contribution in [-0.4, -0.2) is 59.5 Å². The number of rotatable bonds is 2. The molecule has 1 saturated heterocycles. The van der Waals surface area contributed by atoms with Crippen LogP contribution in [0.25, 0.3) is 0 Å². The maximum absolute atomic E-state index is 11.7. The molecule has 1 aliphatic heterocycles. The maximum atomic E-state index is 11.7. The Morgan fingerprint density at radius 1 is 1.21 bits per heavy atom. The Balaban J connectivity index is 1.89. The van der Waals surface area contributed by atoms with Crippen molar-refractivity contribution >= 4 is 17.8 Å². The molecule has 1 amide bonds. The summed E-state index contributed by atoms with van der Waals surface area (Å²) in [4.78, 5) is 34.9. The van der Waals surface area contributed by atoms with Gasteiger partial charge in [-0.05, 0) is 13.0 Å². The lowest BCUT2D eigenvalue weighted by Gasteiger charge is -2.33. The molecule has 0 aromatic carbocycles. The summed E-state index contributed by atoms with van der Waals surface area (Å²) < 4.78 is 4.70. The monoisotopic (exact) mass is 264 g/mol. The number of aromatic nitrogens is 2. The molecule has 19 heavy (non-hydrogen) atoms. The summed E-state index contributed by atoms with van der Waals surface area (Å²) in [6, 6.07) is 1.75. The maximum Gasteiger partial charge on any atom is 0.397 e. The number of anilines is 1. The van der Waals surface area contributed by atoms with E-state index in [1.54, 1.807) is 25.4 Å². The topological polar surface area (TPSA) is 75.6 Å². The average Bonchev–Trinajstić information content (AvgIpc) is 2.48. The van der Waals surface area contributed by atoms with E-state index in [0.29, 0.717) is 32.1 Å². The van der Waals surface area contributed by atoms with E-state index in [1.165, 1.54) is 4.90 Å². The van der Waals surface area contributed by atoms with Gasteiger partial charge in [0.15, 0.2) is 0 Å². The van der Waals surface area contributed by atoms with E-state index < -0.39 is 11.9 Å². The van der Waals surface area contributed by atoms with Crippen molar-refractivity contribution in [1.82, 2.24) is 14.9 Å². The molecule has 0 bridgehead atoms. The fraction of sp³-hybridized carbons (Fsp3) is 0.500. The summed E-state index contributed by atoms with van der Waals surface area (Å²) in [5.74, 6) is -0.715. The molecule has 0 spiro atoms. The highest BCUT2D eigenvalue weighted by Crippen LogP contribution is 2.09. The van der Waals surface area contributed by atoms with E-state index in [9.17, 15) is 9.59 Å². The van der Waals surface area contributed by atoms with Gasteiger partial charge < -0.3 is 14.5 Å². The van der Waals surface area contributed by atoms with Gasteiger partial charge in [-0.2, -0.15) is 0 Å². The molecule has 2 rings (SSSR count). The quantitative estimate of drug-likeness (QED) is 0.538. The van der Waals surface area contributed by atoms with E-state index in [2.05, 4.69) is 9.97 Å². The van der Waals surface area contributed by atoms with Crippen LogP contribution >= 0.6 is 0 Å². The van der Waals surface area contributed by atoms with Crippen LogP contribution in [0.15, 0.2) is 18.5 Å². The van der Waals surface area contributed by atoms with E-state index in [0.717, 1.165) is 0 Å². The van der Waals surface area contributed by atoms with Gasteiger partial charge in [-0.1, -0.05) is 0 Å². The number of piperazine rings is 1. The van der Waals surface area contributed by atoms with Gasteiger partial charge in [0.25, 0.3) is 0 Å². The second-order valence-electron chi connectivity index (χ2n) is 4.05. The lowest BCUT2D eigenvalue weighted by molar-refractivity contribution is -0.160. The Bertz CT molecular complexity index is 444. The van der Waals surface area contributed by atoms with E-state index in [-0.39, 0.29) is 6.61 Å². The lowest BCUT2D eigenvalue weighted by Crippen LogP contribution is -2.51. The van der Waals surface area contributed by atoms with Gasteiger partial charge in [0.1, 0.15) is 0 Å². The Hall–Kier alpha value is -2.18. The van der Waals surface area contributed by atoms with Crippen LogP contribution in [0.4, 0.5) is 5.95 Å². The van der Waals surface area contributed by atoms with Gasteiger partial charge in [0.05, 0.1) is 6.61 Å². The predicted molar refractivity (Wildman–Crippen MR) is 67.5 cm³/mol. The number of esters is 1. The number of hydrogen-bond acceptors (Lipinski definition) is 6. The first kappa shape index (κ1) is 13.3. The van der Waals surface area contributed by atoms with Gasteiger partial charge in [-0.15, -0.1) is 0 Å². The van der Waals surface area contributed by atoms with Crippen LogP contribution in [0.3, 0.4) is 0 Å². The molecule has 0 radical (unpaired) electrons. The van der Waals surface area contributed by atoms with Gasteiger partial charge in [0.2, 0.25) is 5.95 Å². The molecule has 0 unspecified atom stereocenters. The molecule has 0 aliphatic carbocycles. The third kappa shape index (κ3) is 3.18. The van der Waals surface area contributed by atoms with Crippen molar-refractivity contribution in [1.29, 1.82) is 0 Å². The third-order valence-electron chi connectivity index (χ3n) is 2.85. The predicted octanol–water partition coefficient (Wildman–Crippen LogP) is -0.312. The smallest absolute Gasteiger partial charge is 0.397 e. The van der Waals surface area contributed by atoms with Crippen molar-refractivity contribution in [2.24, 2.45) is 0 Å². The molecule has 0 N–H and O–H groups in total. The number of amides is 1. The van der Waals surface area contributed by atoms with Crippen molar-refractivity contribution in [3.8, 4) is 0 Å². The molecule has 7 nitrogen and oxygen atoms in total. The number of carbonyl (C=O) groups is 2. The van der Waals surface area contributed by atoms with Crippen molar-refractivity contribution < 1.29 is 14.3 Å². The standard InChI is InChI=1S/C12H16N4O3/c1-2-19-11(18)10(17)15-6-8-16(9-7-15)12-13-4-3-5-14-12/h3-5H,2,6-9H2,1H3. The summed E-state index contributed by atoms with van der Waals surface area (Å²) in [7, 11) is 0. The van der Waals surface area contributed by atoms with Gasteiger partial charge >= 0.3 is 11.9 Å². The van der Waals surface area contributed by atoms with Crippen LogP contribution in [-0.2, 0) is 14.3 Å². The highest BCUT2D eigenvalue weighted by atomic mass is 16.5. The molecule has 1 aromatic heterocycles. The average molecular weight is 264 g/mol. The molecular weight excluding hydrogens is 248 g/mol. The third-order valence-corrected chi connectivity index (χ3v) is 2.85. The molecule has 1 fully saturated rings. The number of hydrogen-bond donors (Lipinski definition) is 0. The first-order chi connectivity index (χ1) is 9.22. The Morgan fingerprint density at radius 3 is 2.42 bits per heavy atom. The number of carbonyl (C=O) groups excluding carboxylic acids is 2. The highest BCUT2D eigenvalue weighted by molar-refractivity contribution is 6.32. The number of ether oxygens (including phenoxy) is 1. The summed E-state index contributed by atoms with van der Waals surface area (Å²) >= 11 is 0. The Morgan fingerprint density at radius 2 is 1.84 bits per heavy atom. The number of nitrogens with zero attached hydrogens (tertiary/aromatic N) is 4. The summed E-state index contributed by atoms with van der Waals surface area (Å²) in [6.07, 6.45) is 3.36. The fourth-order valence-electron chi connectivity index (χ4n) is 1.89. The van der Waals surface area contributed by atoms with Crippen LogP contribution in [0, 0.1) is 0 Å². The summed E-state index contributed by atoms with van der Waals surface area (Å²) in [5, 5.41) is 0. The Labute approximate surface area is 111 Å². The molecule has 0 atom stereocenters. The van der Waals surface area contributed by atoms with Crippen LogP contribution < -0.4 is 4.90 Å². The Kier molecular flexibility index (Phi) is 4.27. The second kappa shape index (κ2) is 6.12. The SMILES string of the molecule is CCOC(=O)C(=O)N1CCN(c2ncccn2)CC1. The molecule has 1 aromatic rings. The largest absolute Gasteiger partial charge is 0.459 e. The zero-order chi connectivity index (χ0) is 13.7. The normalized spacial score (nSPS) is 15.2. The minimum atomic E-state index is -0.785. The van der Waals surface area contributed by atoms with Gasteiger partial charge in [0, 0.05) is 38.6 Å². The van der Waals surface area contributed by atoms with Crippen molar-refractivity contribution in [3.05, 3.63) is 18.5 Å². The zero-order valence-corrected chi connectivity index (χ0v) is 10.8. The first-order valence-corrected chi connectivity index (χ1v) is 6.20. The van der Waals surface area contributed by atoms with E-state index in [4.69, 9.17) is 4.74 Å². The molecule has 2 heterocycles. The lowest BCUT2D eigenvalue weighted by atomic mass is 10.3.